The van der Waals surface area contributed by atoms with E-state index in [-0.39, 0.29) is 5.91 Å². The molecule has 0 atom stereocenters. The fourth-order valence-corrected chi connectivity index (χ4v) is 1.78. The fourth-order valence-electron chi connectivity index (χ4n) is 1.78. The third-order valence-electron chi connectivity index (χ3n) is 2.86. The summed E-state index contributed by atoms with van der Waals surface area (Å²) in [5, 5.41) is 8.65. The summed E-state index contributed by atoms with van der Waals surface area (Å²) in [6.45, 7) is 2.12. The van der Waals surface area contributed by atoms with Gasteiger partial charge in [-0.05, 0) is 12.1 Å². The molecule has 0 unspecified atom stereocenters. The van der Waals surface area contributed by atoms with Gasteiger partial charge in [-0.15, -0.1) is 0 Å². The minimum atomic E-state index is -0.162. The van der Waals surface area contributed by atoms with Gasteiger partial charge in [0.1, 0.15) is 11.8 Å². The highest BCUT2D eigenvalue weighted by atomic mass is 16.2. The second-order valence-electron chi connectivity index (χ2n) is 3.98. The van der Waals surface area contributed by atoms with Crippen LogP contribution < -0.4 is 0 Å². The molecule has 0 saturated carbocycles. The van der Waals surface area contributed by atoms with Crippen molar-refractivity contribution in [2.75, 3.05) is 26.2 Å². The highest BCUT2D eigenvalue weighted by Crippen LogP contribution is 2.07. The SMILES string of the molecule is N#Cc1ccc(C(=O)N2CCN(C=O)CC2)nc1. The predicted molar refractivity (Wildman–Crippen MR) is 62.5 cm³/mol. The summed E-state index contributed by atoms with van der Waals surface area (Å²) in [5.74, 6) is -0.162. The zero-order valence-electron chi connectivity index (χ0n) is 9.74. The Labute approximate surface area is 104 Å². The highest BCUT2D eigenvalue weighted by Gasteiger charge is 2.21. The molecule has 2 rings (SSSR count). The summed E-state index contributed by atoms with van der Waals surface area (Å²) < 4.78 is 0. The Kier molecular flexibility index (Phi) is 3.53. The molecule has 0 aliphatic carbocycles. The fraction of sp³-hybridized carbons (Fsp3) is 0.333. The lowest BCUT2D eigenvalue weighted by molar-refractivity contribution is -0.119. The minimum Gasteiger partial charge on any atom is -0.342 e. The largest absolute Gasteiger partial charge is 0.342 e. The molecular formula is C12H12N4O2. The van der Waals surface area contributed by atoms with Crippen LogP contribution in [0.1, 0.15) is 16.1 Å². The van der Waals surface area contributed by atoms with Gasteiger partial charge in [0.2, 0.25) is 6.41 Å². The van der Waals surface area contributed by atoms with Crippen LogP contribution >= 0.6 is 0 Å². The van der Waals surface area contributed by atoms with Crippen molar-refractivity contribution in [3.63, 3.8) is 0 Å². The first kappa shape index (κ1) is 12.0. The molecule has 6 heteroatoms. The predicted octanol–water partition coefficient (Wildman–Crippen LogP) is -0.133. The van der Waals surface area contributed by atoms with Gasteiger partial charge in [-0.1, -0.05) is 0 Å². The van der Waals surface area contributed by atoms with Crippen LogP contribution in [0.5, 0.6) is 0 Å². The first-order chi connectivity index (χ1) is 8.74. The van der Waals surface area contributed by atoms with Crippen LogP contribution in [0.2, 0.25) is 0 Å². The van der Waals surface area contributed by atoms with E-state index in [0.717, 1.165) is 6.41 Å². The summed E-state index contributed by atoms with van der Waals surface area (Å²) in [4.78, 5) is 29.9. The Morgan fingerprint density at radius 1 is 1.33 bits per heavy atom. The second kappa shape index (κ2) is 5.27. The number of piperazine rings is 1. The van der Waals surface area contributed by atoms with Crippen LogP contribution in [0.4, 0.5) is 0 Å². The van der Waals surface area contributed by atoms with Crippen molar-refractivity contribution in [2.45, 2.75) is 0 Å². The summed E-state index contributed by atoms with van der Waals surface area (Å²) in [6.07, 6.45) is 2.18. The molecule has 1 fully saturated rings. The van der Waals surface area contributed by atoms with Gasteiger partial charge in [0.05, 0.1) is 5.56 Å². The van der Waals surface area contributed by atoms with Crippen LogP contribution in [0.3, 0.4) is 0 Å². The van der Waals surface area contributed by atoms with Gasteiger partial charge >= 0.3 is 0 Å². The lowest BCUT2D eigenvalue weighted by Crippen LogP contribution is -2.48. The number of amides is 2. The molecule has 0 N–H and O–H groups in total. The molecule has 0 radical (unpaired) electrons. The van der Waals surface area contributed by atoms with E-state index in [1.807, 2.05) is 6.07 Å². The third-order valence-corrected chi connectivity index (χ3v) is 2.86. The molecule has 6 nitrogen and oxygen atoms in total. The number of nitriles is 1. The number of carbonyl (C=O) groups is 2. The Morgan fingerprint density at radius 2 is 2.06 bits per heavy atom. The van der Waals surface area contributed by atoms with E-state index in [9.17, 15) is 9.59 Å². The minimum absolute atomic E-state index is 0.162. The molecule has 0 aromatic carbocycles. The lowest BCUT2D eigenvalue weighted by Gasteiger charge is -2.32. The van der Waals surface area contributed by atoms with Crippen LogP contribution in [0, 0.1) is 11.3 Å². The zero-order chi connectivity index (χ0) is 13.0. The number of hydrogen-bond acceptors (Lipinski definition) is 4. The normalized spacial score (nSPS) is 15.1. The van der Waals surface area contributed by atoms with Crippen molar-refractivity contribution >= 4 is 12.3 Å². The summed E-state index contributed by atoms with van der Waals surface area (Å²) in [7, 11) is 0. The third kappa shape index (κ3) is 2.46. The van der Waals surface area contributed by atoms with Crippen LogP contribution in [0.15, 0.2) is 18.3 Å². The molecule has 18 heavy (non-hydrogen) atoms. The summed E-state index contributed by atoms with van der Waals surface area (Å²) in [5.41, 5.74) is 0.755. The topological polar surface area (TPSA) is 77.3 Å². The van der Waals surface area contributed by atoms with Crippen LogP contribution in [0.25, 0.3) is 0 Å². The molecule has 0 spiro atoms. The molecule has 1 saturated heterocycles. The number of carbonyl (C=O) groups excluding carboxylic acids is 2. The maximum atomic E-state index is 12.1. The first-order valence-corrected chi connectivity index (χ1v) is 5.59. The Bertz CT molecular complexity index is 484. The summed E-state index contributed by atoms with van der Waals surface area (Å²) in [6, 6.07) is 5.07. The van der Waals surface area contributed by atoms with Crippen molar-refractivity contribution in [3.05, 3.63) is 29.6 Å². The maximum absolute atomic E-state index is 12.1. The molecule has 2 heterocycles. The number of rotatable bonds is 2. The number of hydrogen-bond donors (Lipinski definition) is 0. The summed E-state index contributed by atoms with van der Waals surface area (Å²) >= 11 is 0. The number of nitrogens with zero attached hydrogens (tertiary/aromatic N) is 4. The number of aromatic nitrogens is 1. The van der Waals surface area contributed by atoms with Crippen LogP contribution in [-0.4, -0.2) is 53.3 Å². The highest BCUT2D eigenvalue weighted by molar-refractivity contribution is 5.92. The first-order valence-electron chi connectivity index (χ1n) is 5.59. The Balaban J connectivity index is 2.03. The molecule has 1 aromatic rings. The van der Waals surface area contributed by atoms with Gasteiger partial charge in [0.15, 0.2) is 0 Å². The lowest BCUT2D eigenvalue weighted by atomic mass is 10.2. The molecule has 2 amide bonds. The Hall–Kier alpha value is -2.42. The van der Waals surface area contributed by atoms with E-state index in [2.05, 4.69) is 4.98 Å². The van der Waals surface area contributed by atoms with Gasteiger partial charge in [-0.25, -0.2) is 4.98 Å². The second-order valence-corrected chi connectivity index (χ2v) is 3.98. The van der Waals surface area contributed by atoms with Crippen LogP contribution in [-0.2, 0) is 4.79 Å². The maximum Gasteiger partial charge on any atom is 0.272 e. The Morgan fingerprint density at radius 3 is 2.56 bits per heavy atom. The van der Waals surface area contributed by atoms with Gasteiger partial charge in [0.25, 0.3) is 5.91 Å². The van der Waals surface area contributed by atoms with Gasteiger partial charge in [0, 0.05) is 32.4 Å². The van der Waals surface area contributed by atoms with Crippen molar-refractivity contribution in [1.82, 2.24) is 14.8 Å². The average molecular weight is 244 g/mol. The van der Waals surface area contributed by atoms with Gasteiger partial charge < -0.3 is 9.80 Å². The van der Waals surface area contributed by atoms with E-state index < -0.39 is 0 Å². The van der Waals surface area contributed by atoms with E-state index in [4.69, 9.17) is 5.26 Å². The van der Waals surface area contributed by atoms with Gasteiger partial charge in [-0.2, -0.15) is 5.26 Å². The molecule has 1 aliphatic heterocycles. The zero-order valence-corrected chi connectivity index (χ0v) is 9.74. The molecule has 1 aliphatic rings. The quantitative estimate of drug-likeness (QED) is 0.679. The van der Waals surface area contributed by atoms with Crippen molar-refractivity contribution < 1.29 is 9.59 Å². The van der Waals surface area contributed by atoms with Crippen molar-refractivity contribution in [3.8, 4) is 6.07 Å². The molecular weight excluding hydrogens is 232 g/mol. The van der Waals surface area contributed by atoms with E-state index >= 15 is 0 Å². The smallest absolute Gasteiger partial charge is 0.272 e. The van der Waals surface area contributed by atoms with Crippen molar-refractivity contribution in [1.29, 1.82) is 5.26 Å². The van der Waals surface area contributed by atoms with Crippen molar-refractivity contribution in [2.24, 2.45) is 0 Å². The molecule has 92 valence electrons. The molecule has 1 aromatic heterocycles. The van der Waals surface area contributed by atoms with E-state index in [1.165, 1.54) is 6.20 Å². The molecule has 0 bridgehead atoms. The van der Waals surface area contributed by atoms with E-state index in [1.54, 1.807) is 21.9 Å². The monoisotopic (exact) mass is 244 g/mol. The standard InChI is InChI=1S/C12H12N4O2/c13-7-10-1-2-11(14-8-10)12(18)16-5-3-15(9-17)4-6-16/h1-2,8-9H,3-6H2. The van der Waals surface area contributed by atoms with E-state index in [0.29, 0.717) is 37.4 Å². The van der Waals surface area contributed by atoms with Gasteiger partial charge in [-0.3, -0.25) is 9.59 Å². The number of pyridine rings is 1. The average Bonchev–Trinajstić information content (AvgIpc) is 2.47.